The Hall–Kier alpha value is -0.580. The Balaban J connectivity index is 2.02. The minimum atomic E-state index is -0.583. The Morgan fingerprint density at radius 2 is 2.10 bits per heavy atom. The van der Waals surface area contributed by atoms with E-state index in [0.717, 1.165) is 48.0 Å². The molecule has 0 bridgehead atoms. The van der Waals surface area contributed by atoms with Gasteiger partial charge < -0.3 is 15.2 Å². The van der Waals surface area contributed by atoms with Crippen molar-refractivity contribution in [2.75, 3.05) is 13.7 Å². The molecule has 112 valence electrons. The van der Waals surface area contributed by atoms with Crippen LogP contribution in [0.5, 0.6) is 5.75 Å². The summed E-state index contributed by atoms with van der Waals surface area (Å²) in [5, 5.41) is 14.3. The molecule has 0 atom stereocenters. The Labute approximate surface area is 129 Å². The molecule has 0 radical (unpaired) electrons. The Bertz CT molecular complexity index is 442. The van der Waals surface area contributed by atoms with Gasteiger partial charge in [0, 0.05) is 16.9 Å². The molecule has 1 fully saturated rings. The fourth-order valence-electron chi connectivity index (χ4n) is 2.99. The summed E-state index contributed by atoms with van der Waals surface area (Å²) >= 11 is 3.57. The van der Waals surface area contributed by atoms with Crippen LogP contribution in [0, 0.1) is 0 Å². The van der Waals surface area contributed by atoms with Gasteiger partial charge in [-0.15, -0.1) is 0 Å². The lowest BCUT2D eigenvalue weighted by molar-refractivity contribution is -0.00310. The third kappa shape index (κ3) is 3.96. The zero-order valence-electron chi connectivity index (χ0n) is 12.3. The van der Waals surface area contributed by atoms with E-state index in [9.17, 15) is 5.11 Å². The number of ether oxygens (including phenoxy) is 1. The van der Waals surface area contributed by atoms with Gasteiger partial charge in [-0.25, -0.2) is 0 Å². The van der Waals surface area contributed by atoms with Gasteiger partial charge in [0.25, 0.3) is 0 Å². The Kier molecular flexibility index (Phi) is 5.47. The molecule has 4 heteroatoms. The highest BCUT2D eigenvalue weighted by Gasteiger charge is 2.33. The predicted molar refractivity (Wildman–Crippen MR) is 85.3 cm³/mol. The number of aliphatic hydroxyl groups is 1. The molecule has 0 unspecified atom stereocenters. The summed E-state index contributed by atoms with van der Waals surface area (Å²) in [5.41, 5.74) is 0.537. The molecule has 1 aromatic rings. The highest BCUT2D eigenvalue weighted by atomic mass is 79.9. The Morgan fingerprint density at radius 1 is 1.40 bits per heavy atom. The third-order valence-electron chi connectivity index (χ3n) is 4.18. The van der Waals surface area contributed by atoms with Crippen LogP contribution in [0.4, 0.5) is 0 Å². The molecule has 20 heavy (non-hydrogen) atoms. The van der Waals surface area contributed by atoms with Crippen molar-refractivity contribution in [1.29, 1.82) is 0 Å². The van der Waals surface area contributed by atoms with E-state index in [0.29, 0.717) is 12.5 Å². The number of hydrogen-bond donors (Lipinski definition) is 2. The number of methoxy groups -OCH3 is 1. The molecule has 2 rings (SSSR count). The SMILES string of the molecule is CCNC1CCC(O)(Cc2cc(OC)ccc2Br)CC1. The monoisotopic (exact) mass is 341 g/mol. The Morgan fingerprint density at radius 3 is 2.70 bits per heavy atom. The quantitative estimate of drug-likeness (QED) is 0.863. The highest BCUT2D eigenvalue weighted by molar-refractivity contribution is 9.10. The van der Waals surface area contributed by atoms with Crippen LogP contribution in [-0.2, 0) is 6.42 Å². The molecule has 0 aliphatic heterocycles. The molecule has 3 nitrogen and oxygen atoms in total. The van der Waals surface area contributed by atoms with Crippen LogP contribution in [0.1, 0.15) is 38.2 Å². The number of benzene rings is 1. The topological polar surface area (TPSA) is 41.5 Å². The van der Waals surface area contributed by atoms with Gasteiger partial charge in [-0.2, -0.15) is 0 Å². The van der Waals surface area contributed by atoms with Crippen molar-refractivity contribution in [3.05, 3.63) is 28.2 Å². The lowest BCUT2D eigenvalue weighted by Crippen LogP contribution is -2.42. The molecule has 0 heterocycles. The minimum absolute atomic E-state index is 0.564. The molecular formula is C16H24BrNO2. The predicted octanol–water partition coefficient (Wildman–Crippen LogP) is 3.28. The van der Waals surface area contributed by atoms with E-state index in [1.165, 1.54) is 0 Å². The van der Waals surface area contributed by atoms with Crippen molar-refractivity contribution in [1.82, 2.24) is 5.32 Å². The van der Waals surface area contributed by atoms with Crippen molar-refractivity contribution in [2.45, 2.75) is 50.7 Å². The standard InChI is InChI=1S/C16H24BrNO2/c1-3-18-13-6-8-16(19,9-7-13)11-12-10-14(20-2)4-5-15(12)17/h4-5,10,13,18-19H,3,6-9,11H2,1-2H3. The van der Waals surface area contributed by atoms with Crippen LogP contribution < -0.4 is 10.1 Å². The fraction of sp³-hybridized carbons (Fsp3) is 0.625. The van der Waals surface area contributed by atoms with Crippen molar-refractivity contribution in [3.8, 4) is 5.75 Å². The maximum atomic E-state index is 10.8. The zero-order chi connectivity index (χ0) is 14.6. The van der Waals surface area contributed by atoms with Gasteiger partial charge in [0.2, 0.25) is 0 Å². The first-order valence-corrected chi connectivity index (χ1v) is 8.14. The summed E-state index contributed by atoms with van der Waals surface area (Å²) in [7, 11) is 1.67. The van der Waals surface area contributed by atoms with Crippen molar-refractivity contribution < 1.29 is 9.84 Å². The first-order chi connectivity index (χ1) is 9.56. The van der Waals surface area contributed by atoms with Gasteiger partial charge in [-0.3, -0.25) is 0 Å². The molecular weight excluding hydrogens is 318 g/mol. The highest BCUT2D eigenvalue weighted by Crippen LogP contribution is 2.34. The van der Waals surface area contributed by atoms with Crippen molar-refractivity contribution in [2.24, 2.45) is 0 Å². The van der Waals surface area contributed by atoms with Crippen molar-refractivity contribution >= 4 is 15.9 Å². The molecule has 1 aliphatic rings. The van der Waals surface area contributed by atoms with Crippen LogP contribution in [0.3, 0.4) is 0 Å². The molecule has 1 saturated carbocycles. The minimum Gasteiger partial charge on any atom is -0.497 e. The molecule has 0 amide bonds. The van der Waals surface area contributed by atoms with Crippen LogP contribution in [0.25, 0.3) is 0 Å². The normalized spacial score (nSPS) is 26.5. The van der Waals surface area contributed by atoms with Crippen LogP contribution >= 0.6 is 15.9 Å². The summed E-state index contributed by atoms with van der Waals surface area (Å²) in [6.07, 6.45) is 4.49. The second-order valence-electron chi connectivity index (χ2n) is 5.69. The van der Waals surface area contributed by atoms with Gasteiger partial charge in [-0.1, -0.05) is 22.9 Å². The number of halogens is 1. The zero-order valence-corrected chi connectivity index (χ0v) is 13.9. The average molecular weight is 342 g/mol. The summed E-state index contributed by atoms with van der Waals surface area (Å²) < 4.78 is 6.31. The summed E-state index contributed by atoms with van der Waals surface area (Å²) in [5.74, 6) is 0.841. The fourth-order valence-corrected chi connectivity index (χ4v) is 3.38. The van der Waals surface area contributed by atoms with E-state index in [4.69, 9.17) is 4.74 Å². The molecule has 1 aliphatic carbocycles. The number of rotatable bonds is 5. The maximum absolute atomic E-state index is 10.8. The van der Waals surface area contributed by atoms with E-state index < -0.39 is 5.60 Å². The third-order valence-corrected chi connectivity index (χ3v) is 4.96. The van der Waals surface area contributed by atoms with E-state index in [1.807, 2.05) is 18.2 Å². The van der Waals surface area contributed by atoms with Gasteiger partial charge in [0.05, 0.1) is 12.7 Å². The maximum Gasteiger partial charge on any atom is 0.119 e. The van der Waals surface area contributed by atoms with E-state index in [1.54, 1.807) is 7.11 Å². The lowest BCUT2D eigenvalue weighted by Gasteiger charge is -2.36. The largest absolute Gasteiger partial charge is 0.497 e. The van der Waals surface area contributed by atoms with Crippen LogP contribution in [-0.4, -0.2) is 30.4 Å². The second-order valence-corrected chi connectivity index (χ2v) is 6.54. The molecule has 0 aromatic heterocycles. The second kappa shape index (κ2) is 6.92. The molecule has 0 spiro atoms. The number of hydrogen-bond acceptors (Lipinski definition) is 3. The summed E-state index contributed by atoms with van der Waals surface area (Å²) in [6, 6.07) is 6.49. The lowest BCUT2D eigenvalue weighted by atomic mass is 9.78. The van der Waals surface area contributed by atoms with Crippen molar-refractivity contribution in [3.63, 3.8) is 0 Å². The van der Waals surface area contributed by atoms with Gasteiger partial charge >= 0.3 is 0 Å². The first kappa shape index (κ1) is 15.8. The van der Waals surface area contributed by atoms with E-state index >= 15 is 0 Å². The van der Waals surface area contributed by atoms with Crippen LogP contribution in [0.2, 0.25) is 0 Å². The van der Waals surface area contributed by atoms with Gasteiger partial charge in [-0.05, 0) is 56.0 Å². The number of nitrogens with one attached hydrogen (secondary N) is 1. The first-order valence-electron chi connectivity index (χ1n) is 7.34. The van der Waals surface area contributed by atoms with Crippen LogP contribution in [0.15, 0.2) is 22.7 Å². The average Bonchev–Trinajstić information content (AvgIpc) is 2.44. The molecule has 0 saturated heterocycles. The van der Waals surface area contributed by atoms with E-state index in [-0.39, 0.29) is 0 Å². The summed E-state index contributed by atoms with van der Waals surface area (Å²) in [4.78, 5) is 0. The van der Waals surface area contributed by atoms with E-state index in [2.05, 4.69) is 28.2 Å². The molecule has 1 aromatic carbocycles. The van der Waals surface area contributed by atoms with Gasteiger partial charge in [0.15, 0.2) is 0 Å². The molecule has 2 N–H and O–H groups in total. The summed E-state index contributed by atoms with van der Waals surface area (Å²) in [6.45, 7) is 3.14. The smallest absolute Gasteiger partial charge is 0.119 e. The van der Waals surface area contributed by atoms with Gasteiger partial charge in [0.1, 0.15) is 5.75 Å².